The van der Waals surface area contributed by atoms with Gasteiger partial charge in [0.05, 0.1) is 16.8 Å². The van der Waals surface area contributed by atoms with E-state index in [9.17, 15) is 4.79 Å². The minimum atomic E-state index is -0.0179. The summed E-state index contributed by atoms with van der Waals surface area (Å²) in [7, 11) is 4.04. The van der Waals surface area contributed by atoms with Crippen molar-refractivity contribution in [1.82, 2.24) is 9.88 Å². The molecular weight excluding hydrogens is 442 g/mol. The van der Waals surface area contributed by atoms with E-state index < -0.39 is 0 Å². The lowest BCUT2D eigenvalue weighted by Gasteiger charge is -2.25. The van der Waals surface area contributed by atoms with E-state index in [1.165, 1.54) is 11.3 Å². The van der Waals surface area contributed by atoms with Crippen LogP contribution in [0.25, 0.3) is 10.2 Å². The summed E-state index contributed by atoms with van der Waals surface area (Å²) in [4.78, 5) is 22.6. The van der Waals surface area contributed by atoms with Gasteiger partial charge in [-0.3, -0.25) is 9.69 Å². The standard InChI is InChI=1S/C28H31N3O2S/c1-4-33-23-15-16-25-26(19-23)34-28(29-25)31(18-17-30(2)3)27(32)20-24(21-11-7-5-8-12-21)22-13-9-6-10-14-22/h5-16,19,24H,4,17-18,20H2,1-3H3. The molecule has 1 amide bonds. The Kier molecular flexibility index (Phi) is 7.93. The first-order valence-corrected chi connectivity index (χ1v) is 12.4. The largest absolute Gasteiger partial charge is 0.494 e. The Balaban J connectivity index is 1.66. The summed E-state index contributed by atoms with van der Waals surface area (Å²) in [6, 6.07) is 26.4. The summed E-state index contributed by atoms with van der Waals surface area (Å²) in [6.07, 6.45) is 0.377. The fourth-order valence-corrected chi connectivity index (χ4v) is 5.01. The van der Waals surface area contributed by atoms with Gasteiger partial charge >= 0.3 is 0 Å². The van der Waals surface area contributed by atoms with Gasteiger partial charge in [-0.05, 0) is 50.3 Å². The van der Waals surface area contributed by atoms with Crippen molar-refractivity contribution < 1.29 is 9.53 Å². The van der Waals surface area contributed by atoms with Crippen molar-refractivity contribution in [3.05, 3.63) is 90.0 Å². The molecule has 4 aromatic rings. The Morgan fingerprint density at radius 3 is 2.18 bits per heavy atom. The highest BCUT2D eigenvalue weighted by atomic mass is 32.1. The first kappa shape index (κ1) is 23.9. The first-order chi connectivity index (χ1) is 16.5. The molecule has 0 N–H and O–H groups in total. The van der Waals surface area contributed by atoms with Crippen LogP contribution in [0.2, 0.25) is 0 Å². The van der Waals surface area contributed by atoms with E-state index in [1.54, 1.807) is 0 Å². The number of nitrogens with zero attached hydrogens (tertiary/aromatic N) is 3. The fourth-order valence-electron chi connectivity index (χ4n) is 3.98. The maximum absolute atomic E-state index is 13.8. The minimum absolute atomic E-state index is 0.0179. The molecule has 0 radical (unpaired) electrons. The molecule has 34 heavy (non-hydrogen) atoms. The zero-order chi connectivity index (χ0) is 23.9. The predicted molar refractivity (Wildman–Crippen MR) is 141 cm³/mol. The van der Waals surface area contributed by atoms with E-state index in [-0.39, 0.29) is 11.8 Å². The average molecular weight is 474 g/mol. The Morgan fingerprint density at radius 2 is 1.59 bits per heavy atom. The molecule has 0 saturated carbocycles. The molecule has 0 saturated heterocycles. The fraction of sp³-hybridized carbons (Fsp3) is 0.286. The number of anilines is 1. The maximum atomic E-state index is 13.8. The number of carbonyl (C=O) groups excluding carboxylic acids is 1. The van der Waals surface area contributed by atoms with Gasteiger partial charge < -0.3 is 9.64 Å². The molecule has 0 unspecified atom stereocenters. The molecule has 0 aliphatic rings. The summed E-state index contributed by atoms with van der Waals surface area (Å²) >= 11 is 1.54. The second-order valence-corrected chi connectivity index (χ2v) is 9.49. The van der Waals surface area contributed by atoms with E-state index in [2.05, 4.69) is 29.2 Å². The topological polar surface area (TPSA) is 45.7 Å². The molecule has 0 spiro atoms. The van der Waals surface area contributed by atoms with Crippen LogP contribution in [0.5, 0.6) is 5.75 Å². The number of benzene rings is 3. The van der Waals surface area contributed by atoms with Crippen LogP contribution < -0.4 is 9.64 Å². The molecule has 1 aromatic heterocycles. The van der Waals surface area contributed by atoms with Gasteiger partial charge in [-0.2, -0.15) is 0 Å². The highest BCUT2D eigenvalue weighted by Gasteiger charge is 2.25. The zero-order valence-electron chi connectivity index (χ0n) is 20.0. The number of amides is 1. The number of hydrogen-bond acceptors (Lipinski definition) is 5. The van der Waals surface area contributed by atoms with Gasteiger partial charge in [0.25, 0.3) is 0 Å². The lowest BCUT2D eigenvalue weighted by atomic mass is 9.88. The molecular formula is C28H31N3O2S. The molecule has 0 bridgehead atoms. The highest BCUT2D eigenvalue weighted by Crippen LogP contribution is 2.34. The monoisotopic (exact) mass is 473 g/mol. The summed E-state index contributed by atoms with van der Waals surface area (Å²) in [6.45, 7) is 3.93. The molecule has 0 atom stereocenters. The molecule has 176 valence electrons. The molecule has 3 aromatic carbocycles. The quantitative estimate of drug-likeness (QED) is 0.291. The van der Waals surface area contributed by atoms with Crippen molar-refractivity contribution in [2.24, 2.45) is 0 Å². The summed E-state index contributed by atoms with van der Waals surface area (Å²) in [5.74, 6) is 0.879. The lowest BCUT2D eigenvalue weighted by molar-refractivity contribution is -0.118. The van der Waals surface area contributed by atoms with Gasteiger partial charge in [0.1, 0.15) is 5.75 Å². The van der Waals surface area contributed by atoms with Crippen molar-refractivity contribution in [1.29, 1.82) is 0 Å². The number of likely N-dealkylation sites (N-methyl/N-ethyl adjacent to an activating group) is 1. The van der Waals surface area contributed by atoms with Gasteiger partial charge in [-0.15, -0.1) is 0 Å². The van der Waals surface area contributed by atoms with E-state index in [1.807, 2.05) is 80.5 Å². The number of rotatable bonds is 10. The molecule has 6 heteroatoms. The van der Waals surface area contributed by atoms with Crippen LogP contribution in [0, 0.1) is 0 Å². The van der Waals surface area contributed by atoms with Crippen molar-refractivity contribution in [2.75, 3.05) is 38.7 Å². The number of thiazole rings is 1. The van der Waals surface area contributed by atoms with Crippen molar-refractivity contribution in [3.8, 4) is 5.75 Å². The molecule has 0 aliphatic heterocycles. The van der Waals surface area contributed by atoms with Crippen LogP contribution in [-0.4, -0.2) is 49.6 Å². The second-order valence-electron chi connectivity index (χ2n) is 8.49. The van der Waals surface area contributed by atoms with Gasteiger partial charge in [0, 0.05) is 25.4 Å². The number of ether oxygens (including phenoxy) is 1. The summed E-state index contributed by atoms with van der Waals surface area (Å²) in [5.41, 5.74) is 3.16. The van der Waals surface area contributed by atoms with E-state index >= 15 is 0 Å². The van der Waals surface area contributed by atoms with Gasteiger partial charge in [0.15, 0.2) is 5.13 Å². The van der Waals surface area contributed by atoms with E-state index in [0.717, 1.165) is 38.8 Å². The van der Waals surface area contributed by atoms with E-state index in [0.29, 0.717) is 19.6 Å². The SMILES string of the molecule is CCOc1ccc2nc(N(CCN(C)C)C(=O)CC(c3ccccc3)c3ccccc3)sc2c1. The number of aromatic nitrogens is 1. The third-order valence-electron chi connectivity index (χ3n) is 5.75. The summed E-state index contributed by atoms with van der Waals surface area (Å²) in [5, 5.41) is 0.732. The predicted octanol–water partition coefficient (Wildman–Crippen LogP) is 5.81. The Morgan fingerprint density at radius 1 is 0.941 bits per heavy atom. The van der Waals surface area contributed by atoms with E-state index in [4.69, 9.17) is 9.72 Å². The summed E-state index contributed by atoms with van der Waals surface area (Å²) < 4.78 is 6.67. The third-order valence-corrected chi connectivity index (χ3v) is 6.79. The van der Waals surface area contributed by atoms with Crippen LogP contribution in [0.3, 0.4) is 0 Å². The number of carbonyl (C=O) groups is 1. The number of hydrogen-bond donors (Lipinski definition) is 0. The van der Waals surface area contributed by atoms with Gasteiger partial charge in [-0.25, -0.2) is 4.98 Å². The first-order valence-electron chi connectivity index (χ1n) is 11.6. The van der Waals surface area contributed by atoms with Crippen molar-refractivity contribution in [2.45, 2.75) is 19.3 Å². The molecule has 1 heterocycles. The second kappa shape index (κ2) is 11.3. The lowest BCUT2D eigenvalue weighted by Crippen LogP contribution is -2.37. The van der Waals surface area contributed by atoms with Crippen LogP contribution in [0.15, 0.2) is 78.9 Å². The van der Waals surface area contributed by atoms with Crippen molar-refractivity contribution in [3.63, 3.8) is 0 Å². The molecule has 0 aliphatic carbocycles. The number of fused-ring (bicyclic) bond motifs is 1. The van der Waals surface area contributed by atoms with Crippen molar-refractivity contribution >= 4 is 32.6 Å². The van der Waals surface area contributed by atoms with Crippen LogP contribution in [-0.2, 0) is 4.79 Å². The van der Waals surface area contributed by atoms with Gasteiger partial charge in [-0.1, -0.05) is 72.0 Å². The highest BCUT2D eigenvalue weighted by molar-refractivity contribution is 7.22. The molecule has 4 rings (SSSR count). The minimum Gasteiger partial charge on any atom is -0.494 e. The third kappa shape index (κ3) is 5.82. The normalized spacial score (nSPS) is 11.3. The maximum Gasteiger partial charge on any atom is 0.229 e. The van der Waals surface area contributed by atoms with Gasteiger partial charge in [0.2, 0.25) is 5.91 Å². The molecule has 5 nitrogen and oxygen atoms in total. The van der Waals surface area contributed by atoms with Crippen LogP contribution in [0.4, 0.5) is 5.13 Å². The van der Waals surface area contributed by atoms with Crippen LogP contribution >= 0.6 is 11.3 Å². The average Bonchev–Trinajstić information content (AvgIpc) is 3.27. The zero-order valence-corrected chi connectivity index (χ0v) is 20.8. The Hall–Kier alpha value is -3.22. The Bertz CT molecular complexity index is 1170. The van der Waals surface area contributed by atoms with Crippen LogP contribution in [0.1, 0.15) is 30.4 Å². The smallest absolute Gasteiger partial charge is 0.229 e. The Labute approximate surface area is 205 Å². The molecule has 0 fully saturated rings.